The molecule has 4 aromatic rings. The van der Waals surface area contributed by atoms with Gasteiger partial charge >= 0.3 is 5.97 Å². The molecular formula is C25H22N4O3. The fraction of sp³-hybridized carbons (Fsp3) is 0.120. The third-order valence-corrected chi connectivity index (χ3v) is 4.95. The van der Waals surface area contributed by atoms with Crippen LogP contribution < -0.4 is 5.32 Å². The number of carbonyl (C=O) groups excluding carboxylic acids is 2. The number of para-hydroxylation sites is 1. The summed E-state index contributed by atoms with van der Waals surface area (Å²) in [7, 11) is 0. The van der Waals surface area contributed by atoms with E-state index in [1.165, 1.54) is 0 Å². The van der Waals surface area contributed by atoms with Gasteiger partial charge in [0, 0.05) is 11.3 Å². The van der Waals surface area contributed by atoms with Crippen LogP contribution in [0.5, 0.6) is 0 Å². The molecule has 4 rings (SSSR count). The van der Waals surface area contributed by atoms with Crippen molar-refractivity contribution in [3.63, 3.8) is 0 Å². The van der Waals surface area contributed by atoms with Crippen molar-refractivity contribution in [1.29, 1.82) is 0 Å². The maximum Gasteiger partial charge on any atom is 0.378 e. The first-order chi connectivity index (χ1) is 15.5. The van der Waals surface area contributed by atoms with E-state index in [1.807, 2.05) is 86.6 Å². The van der Waals surface area contributed by atoms with E-state index in [-0.39, 0.29) is 5.82 Å². The van der Waals surface area contributed by atoms with Crippen LogP contribution in [0.1, 0.15) is 21.7 Å². The lowest BCUT2D eigenvalue weighted by atomic mass is 10.1. The number of benzene rings is 3. The van der Waals surface area contributed by atoms with Crippen molar-refractivity contribution < 1.29 is 14.3 Å². The van der Waals surface area contributed by atoms with Crippen LogP contribution >= 0.6 is 0 Å². The highest BCUT2D eigenvalue weighted by Crippen LogP contribution is 2.21. The van der Waals surface area contributed by atoms with E-state index >= 15 is 0 Å². The van der Waals surface area contributed by atoms with E-state index in [9.17, 15) is 9.59 Å². The Kier molecular flexibility index (Phi) is 6.07. The molecule has 0 saturated carbocycles. The highest BCUT2D eigenvalue weighted by Gasteiger charge is 2.20. The first-order valence-corrected chi connectivity index (χ1v) is 10.1. The molecule has 1 amide bonds. The number of hydrogen-bond acceptors (Lipinski definition) is 5. The molecule has 7 heteroatoms. The Balaban J connectivity index is 1.50. The third kappa shape index (κ3) is 4.73. The zero-order valence-corrected chi connectivity index (χ0v) is 17.8. The number of amides is 1. The first-order valence-electron chi connectivity index (χ1n) is 10.1. The van der Waals surface area contributed by atoms with Gasteiger partial charge in [0.15, 0.2) is 12.4 Å². The number of aromatic nitrogens is 3. The monoisotopic (exact) mass is 426 g/mol. The molecule has 0 radical (unpaired) electrons. The normalized spacial score (nSPS) is 10.6. The van der Waals surface area contributed by atoms with E-state index in [0.717, 1.165) is 22.4 Å². The van der Waals surface area contributed by atoms with E-state index in [1.54, 1.807) is 10.7 Å². The molecule has 3 aromatic carbocycles. The lowest BCUT2D eigenvalue weighted by molar-refractivity contribution is -0.119. The van der Waals surface area contributed by atoms with E-state index in [2.05, 4.69) is 15.4 Å². The van der Waals surface area contributed by atoms with Crippen LogP contribution in [-0.2, 0) is 9.53 Å². The third-order valence-electron chi connectivity index (χ3n) is 4.95. The van der Waals surface area contributed by atoms with Crippen molar-refractivity contribution in [2.24, 2.45) is 0 Å². The van der Waals surface area contributed by atoms with E-state index in [4.69, 9.17) is 4.74 Å². The zero-order chi connectivity index (χ0) is 22.5. The van der Waals surface area contributed by atoms with Gasteiger partial charge in [-0.05, 0) is 49.2 Å². The summed E-state index contributed by atoms with van der Waals surface area (Å²) in [4.78, 5) is 29.2. The van der Waals surface area contributed by atoms with Crippen LogP contribution in [0, 0.1) is 13.8 Å². The standard InChI is InChI=1S/C25H22N4O3/c1-17-13-14-20(15-18(17)2)26-22(30)16-32-25(31)23-27-24(19-9-5-3-6-10-19)29(28-23)21-11-7-4-8-12-21/h3-15H,16H2,1-2H3,(H,26,30). The number of hydrogen-bond donors (Lipinski definition) is 1. The molecule has 0 fully saturated rings. The second-order valence-electron chi connectivity index (χ2n) is 7.30. The minimum Gasteiger partial charge on any atom is -0.450 e. The average Bonchev–Trinajstić information content (AvgIpc) is 3.27. The molecule has 0 aliphatic rings. The van der Waals surface area contributed by atoms with Crippen molar-refractivity contribution in [3.05, 3.63) is 95.8 Å². The predicted octanol–water partition coefficient (Wildman–Crippen LogP) is 4.35. The zero-order valence-electron chi connectivity index (χ0n) is 17.8. The number of nitrogens with zero attached hydrogens (tertiary/aromatic N) is 3. The molecule has 1 N–H and O–H groups in total. The van der Waals surface area contributed by atoms with Crippen LogP contribution in [0.2, 0.25) is 0 Å². The van der Waals surface area contributed by atoms with Crippen molar-refractivity contribution in [2.45, 2.75) is 13.8 Å². The van der Waals surface area contributed by atoms with Gasteiger partial charge in [-0.2, -0.15) is 0 Å². The Hall–Kier alpha value is -4.26. The van der Waals surface area contributed by atoms with Gasteiger partial charge in [0.05, 0.1) is 5.69 Å². The summed E-state index contributed by atoms with van der Waals surface area (Å²) in [5.74, 6) is -0.825. The minimum atomic E-state index is -0.771. The van der Waals surface area contributed by atoms with Gasteiger partial charge < -0.3 is 10.1 Å². The van der Waals surface area contributed by atoms with E-state index in [0.29, 0.717) is 11.5 Å². The maximum absolute atomic E-state index is 12.6. The number of aryl methyl sites for hydroxylation is 2. The predicted molar refractivity (Wildman–Crippen MR) is 122 cm³/mol. The first kappa shape index (κ1) is 21.0. The quantitative estimate of drug-likeness (QED) is 0.464. The van der Waals surface area contributed by atoms with Crippen molar-refractivity contribution >= 4 is 17.6 Å². The fourth-order valence-corrected chi connectivity index (χ4v) is 3.13. The van der Waals surface area contributed by atoms with Crippen LogP contribution in [0.15, 0.2) is 78.9 Å². The summed E-state index contributed by atoms with van der Waals surface area (Å²) in [6.07, 6.45) is 0. The largest absolute Gasteiger partial charge is 0.450 e. The van der Waals surface area contributed by atoms with Gasteiger partial charge in [0.1, 0.15) is 0 Å². The second-order valence-corrected chi connectivity index (χ2v) is 7.30. The molecule has 1 aromatic heterocycles. The smallest absolute Gasteiger partial charge is 0.378 e. The molecule has 0 aliphatic carbocycles. The number of carbonyl (C=O) groups is 2. The number of rotatable bonds is 6. The molecule has 7 nitrogen and oxygen atoms in total. The average molecular weight is 426 g/mol. The van der Waals surface area contributed by atoms with Crippen LogP contribution in [0.4, 0.5) is 5.69 Å². The minimum absolute atomic E-state index is 0.119. The van der Waals surface area contributed by atoms with Crippen molar-refractivity contribution in [1.82, 2.24) is 14.8 Å². The Labute approximate surface area is 185 Å². The van der Waals surface area contributed by atoms with Gasteiger partial charge in [-0.1, -0.05) is 54.6 Å². The van der Waals surface area contributed by atoms with Gasteiger partial charge in [-0.25, -0.2) is 14.5 Å². The molecule has 0 unspecified atom stereocenters. The molecule has 0 atom stereocenters. The number of ether oxygens (including phenoxy) is 1. The Bertz CT molecular complexity index is 1190. The lowest BCUT2D eigenvalue weighted by Gasteiger charge is -2.07. The topological polar surface area (TPSA) is 86.1 Å². The highest BCUT2D eigenvalue weighted by atomic mass is 16.5. The number of nitrogens with one attached hydrogen (secondary N) is 1. The number of anilines is 1. The lowest BCUT2D eigenvalue weighted by Crippen LogP contribution is -2.21. The molecule has 160 valence electrons. The second kappa shape index (κ2) is 9.26. The van der Waals surface area contributed by atoms with Crippen molar-refractivity contribution in [3.8, 4) is 17.1 Å². The molecular weight excluding hydrogens is 404 g/mol. The van der Waals surface area contributed by atoms with Crippen molar-refractivity contribution in [2.75, 3.05) is 11.9 Å². The fourth-order valence-electron chi connectivity index (χ4n) is 3.13. The number of esters is 1. The molecule has 0 spiro atoms. The summed E-state index contributed by atoms with van der Waals surface area (Å²) >= 11 is 0. The van der Waals surface area contributed by atoms with Crippen LogP contribution in [0.3, 0.4) is 0 Å². The molecule has 0 aliphatic heterocycles. The maximum atomic E-state index is 12.6. The molecule has 32 heavy (non-hydrogen) atoms. The Morgan fingerprint density at radius 2 is 1.59 bits per heavy atom. The van der Waals surface area contributed by atoms with Crippen LogP contribution in [-0.4, -0.2) is 33.2 Å². The van der Waals surface area contributed by atoms with E-state index < -0.39 is 18.5 Å². The van der Waals surface area contributed by atoms with Gasteiger partial charge in [-0.15, -0.1) is 5.10 Å². The summed E-state index contributed by atoms with van der Waals surface area (Å²) < 4.78 is 6.75. The Morgan fingerprint density at radius 1 is 0.906 bits per heavy atom. The summed E-state index contributed by atoms with van der Waals surface area (Å²) in [5.41, 5.74) is 4.39. The van der Waals surface area contributed by atoms with Gasteiger partial charge in [0.2, 0.25) is 0 Å². The SMILES string of the molecule is Cc1ccc(NC(=O)COC(=O)c2nc(-c3ccccc3)n(-c3ccccc3)n2)cc1C. The molecule has 1 heterocycles. The molecule has 0 bridgehead atoms. The molecule has 0 saturated heterocycles. The van der Waals surface area contributed by atoms with Gasteiger partial charge in [-0.3, -0.25) is 4.79 Å². The van der Waals surface area contributed by atoms with Gasteiger partial charge in [0.25, 0.3) is 11.7 Å². The summed E-state index contributed by atoms with van der Waals surface area (Å²) in [6, 6.07) is 24.4. The summed E-state index contributed by atoms with van der Waals surface area (Å²) in [6.45, 7) is 3.52. The summed E-state index contributed by atoms with van der Waals surface area (Å²) in [5, 5.41) is 7.06. The highest BCUT2D eigenvalue weighted by molar-refractivity contribution is 5.94. The Morgan fingerprint density at radius 3 is 2.28 bits per heavy atom. The van der Waals surface area contributed by atoms with Crippen LogP contribution in [0.25, 0.3) is 17.1 Å².